The molecule has 2 rings (SSSR count). The highest BCUT2D eigenvalue weighted by molar-refractivity contribution is 7.99. The monoisotopic (exact) mass is 431 g/mol. The maximum absolute atomic E-state index is 11.8. The highest BCUT2D eigenvalue weighted by Gasteiger charge is 2.10. The molecule has 8 heteroatoms. The first-order valence-corrected chi connectivity index (χ1v) is 10.7. The van der Waals surface area contributed by atoms with Crippen LogP contribution >= 0.6 is 35.0 Å². The summed E-state index contributed by atoms with van der Waals surface area (Å²) in [5.41, 5.74) is 0.627. The van der Waals surface area contributed by atoms with Crippen molar-refractivity contribution in [2.75, 3.05) is 51.0 Å². The number of ketones is 1. The number of hydrogen-bond donors (Lipinski definition) is 0. The van der Waals surface area contributed by atoms with Crippen molar-refractivity contribution in [1.29, 1.82) is 0 Å². The van der Waals surface area contributed by atoms with E-state index in [2.05, 4.69) is 4.90 Å². The van der Waals surface area contributed by atoms with Gasteiger partial charge < -0.3 is 9.47 Å². The van der Waals surface area contributed by atoms with Gasteiger partial charge in [-0.3, -0.25) is 14.5 Å². The fraction of sp³-hybridized carbons (Fsp3) is 0.474. The van der Waals surface area contributed by atoms with E-state index < -0.39 is 5.97 Å². The maximum atomic E-state index is 11.8. The third-order valence-corrected chi connectivity index (χ3v) is 5.66. The normalized spacial score (nSPS) is 15.2. The molecule has 5 nitrogen and oxygen atoms in total. The average Bonchev–Trinajstić information content (AvgIpc) is 2.66. The summed E-state index contributed by atoms with van der Waals surface area (Å²) in [5.74, 6) is 0.851. The molecule has 1 aliphatic heterocycles. The van der Waals surface area contributed by atoms with E-state index in [-0.39, 0.29) is 12.2 Å². The van der Waals surface area contributed by atoms with E-state index >= 15 is 0 Å². The second kappa shape index (κ2) is 12.4. The van der Waals surface area contributed by atoms with Crippen LogP contribution in [0.15, 0.2) is 24.3 Å². The summed E-state index contributed by atoms with van der Waals surface area (Å²) >= 11 is 13.7. The summed E-state index contributed by atoms with van der Waals surface area (Å²) in [7, 11) is 0. The molecule has 0 bridgehead atoms. The van der Waals surface area contributed by atoms with Gasteiger partial charge in [-0.05, 0) is 23.8 Å². The molecule has 0 amide bonds. The molecule has 0 atom stereocenters. The maximum Gasteiger partial charge on any atom is 0.313 e. The Morgan fingerprint density at radius 3 is 2.78 bits per heavy atom. The van der Waals surface area contributed by atoms with Crippen molar-refractivity contribution in [2.24, 2.45) is 0 Å². The fourth-order valence-corrected chi connectivity index (χ4v) is 3.58. The van der Waals surface area contributed by atoms with Gasteiger partial charge in [-0.15, -0.1) is 0 Å². The van der Waals surface area contributed by atoms with Crippen LogP contribution in [0.5, 0.6) is 0 Å². The largest absolute Gasteiger partial charge is 0.464 e. The zero-order valence-electron chi connectivity index (χ0n) is 15.0. The number of allylic oxidation sites excluding steroid dienone is 1. The van der Waals surface area contributed by atoms with E-state index in [1.807, 2.05) is 0 Å². The molecular weight excluding hydrogens is 409 g/mol. The highest BCUT2D eigenvalue weighted by atomic mass is 35.5. The predicted molar refractivity (Wildman–Crippen MR) is 111 cm³/mol. The first-order chi connectivity index (χ1) is 13.1. The Bertz CT molecular complexity index is 663. The second-order valence-corrected chi connectivity index (χ2v) is 7.92. The molecule has 1 aromatic rings. The van der Waals surface area contributed by atoms with Gasteiger partial charge in [0.25, 0.3) is 0 Å². The fourth-order valence-electron chi connectivity index (χ4n) is 2.42. The van der Waals surface area contributed by atoms with Crippen LogP contribution < -0.4 is 0 Å². The lowest BCUT2D eigenvalue weighted by atomic mass is 10.1. The molecule has 148 valence electrons. The van der Waals surface area contributed by atoms with Crippen LogP contribution in [0.1, 0.15) is 12.0 Å². The van der Waals surface area contributed by atoms with Crippen molar-refractivity contribution < 1.29 is 19.1 Å². The molecule has 27 heavy (non-hydrogen) atoms. The van der Waals surface area contributed by atoms with Crippen LogP contribution in [-0.4, -0.2) is 67.6 Å². The summed E-state index contributed by atoms with van der Waals surface area (Å²) in [4.78, 5) is 25.9. The number of nitrogens with zero attached hydrogens (tertiary/aromatic N) is 1. The topological polar surface area (TPSA) is 55.8 Å². The quantitative estimate of drug-likeness (QED) is 0.244. The van der Waals surface area contributed by atoms with E-state index in [0.29, 0.717) is 22.2 Å². The molecule has 1 heterocycles. The average molecular weight is 432 g/mol. The summed E-state index contributed by atoms with van der Waals surface area (Å²) in [6.07, 6.45) is 2.58. The zero-order chi connectivity index (χ0) is 19.5. The van der Waals surface area contributed by atoms with Crippen LogP contribution in [0, 0.1) is 0 Å². The summed E-state index contributed by atoms with van der Waals surface area (Å²) < 4.78 is 10.4. The Labute approximate surface area is 174 Å². The lowest BCUT2D eigenvalue weighted by Crippen LogP contribution is -2.37. The van der Waals surface area contributed by atoms with Crippen molar-refractivity contribution >= 4 is 52.8 Å². The molecule has 1 aliphatic rings. The van der Waals surface area contributed by atoms with Gasteiger partial charge in [0.15, 0.2) is 5.78 Å². The first kappa shape index (κ1) is 22.2. The number of esters is 1. The van der Waals surface area contributed by atoms with E-state index in [9.17, 15) is 9.59 Å². The molecule has 0 spiro atoms. The Kier molecular flexibility index (Phi) is 10.2. The molecule has 0 N–H and O–H groups in total. The van der Waals surface area contributed by atoms with Crippen molar-refractivity contribution in [3.05, 3.63) is 39.9 Å². The number of carbonyl (C=O) groups excluding carboxylic acids is 2. The molecule has 0 aliphatic carbocycles. The van der Waals surface area contributed by atoms with Crippen molar-refractivity contribution in [2.45, 2.75) is 6.42 Å². The minimum absolute atomic E-state index is 0.285. The van der Waals surface area contributed by atoms with Crippen LogP contribution in [0.2, 0.25) is 10.0 Å². The van der Waals surface area contributed by atoms with E-state index in [0.717, 1.165) is 44.4 Å². The molecular formula is C19H23Cl2NO4S. The zero-order valence-corrected chi connectivity index (χ0v) is 17.3. The van der Waals surface area contributed by atoms with Gasteiger partial charge in [-0.2, -0.15) is 11.8 Å². The van der Waals surface area contributed by atoms with Gasteiger partial charge in [-0.25, -0.2) is 0 Å². The van der Waals surface area contributed by atoms with Crippen molar-refractivity contribution in [3.8, 4) is 0 Å². The van der Waals surface area contributed by atoms with E-state index in [1.54, 1.807) is 36.0 Å². The third-order valence-electron chi connectivity index (χ3n) is 3.90. The summed E-state index contributed by atoms with van der Waals surface area (Å²) in [5, 5.41) is 0.789. The summed E-state index contributed by atoms with van der Waals surface area (Å²) in [6.45, 7) is 4.88. The first-order valence-electron chi connectivity index (χ1n) is 8.74. The van der Waals surface area contributed by atoms with Crippen LogP contribution in [0.4, 0.5) is 0 Å². The number of rotatable bonds is 10. The van der Waals surface area contributed by atoms with E-state index in [1.165, 1.54) is 6.08 Å². The van der Waals surface area contributed by atoms with Crippen LogP contribution in [0.25, 0.3) is 6.08 Å². The summed E-state index contributed by atoms with van der Waals surface area (Å²) in [6, 6.07) is 5.15. The minimum Gasteiger partial charge on any atom is -0.464 e. The molecule has 0 saturated carbocycles. The standard InChI is InChI=1S/C19H23Cl2NO4S/c20-17-3-1-2-15(19(17)21)4-5-16(23)14-18(24)26-11-13-27-12-8-22-6-9-25-10-7-22/h1-5H,6-14H2. The third kappa shape index (κ3) is 8.66. The SMILES string of the molecule is O=C(C=Cc1cccc(Cl)c1Cl)CC(=O)OCCSCCN1CCOCC1. The lowest BCUT2D eigenvalue weighted by Gasteiger charge is -2.26. The van der Waals surface area contributed by atoms with Gasteiger partial charge >= 0.3 is 5.97 Å². The van der Waals surface area contributed by atoms with Crippen molar-refractivity contribution in [1.82, 2.24) is 4.90 Å². The molecule has 1 fully saturated rings. The van der Waals surface area contributed by atoms with Crippen molar-refractivity contribution in [3.63, 3.8) is 0 Å². The Morgan fingerprint density at radius 2 is 2.00 bits per heavy atom. The molecule has 0 unspecified atom stereocenters. The Balaban J connectivity index is 1.57. The van der Waals surface area contributed by atoms with Crippen LogP contribution in [0.3, 0.4) is 0 Å². The van der Waals surface area contributed by atoms with Gasteiger partial charge in [0.05, 0.1) is 23.3 Å². The lowest BCUT2D eigenvalue weighted by molar-refractivity contribution is -0.144. The Hall–Kier alpha value is -1.05. The van der Waals surface area contributed by atoms with Crippen LogP contribution in [-0.2, 0) is 19.1 Å². The minimum atomic E-state index is -0.518. The number of benzene rings is 1. The smallest absolute Gasteiger partial charge is 0.313 e. The molecule has 1 saturated heterocycles. The number of ether oxygens (including phenoxy) is 2. The van der Waals surface area contributed by atoms with Gasteiger partial charge in [0, 0.05) is 31.1 Å². The van der Waals surface area contributed by atoms with Gasteiger partial charge in [0.1, 0.15) is 13.0 Å². The van der Waals surface area contributed by atoms with E-state index in [4.69, 9.17) is 32.7 Å². The van der Waals surface area contributed by atoms with Gasteiger partial charge in [0.2, 0.25) is 0 Å². The number of halogens is 2. The molecule has 1 aromatic carbocycles. The highest BCUT2D eigenvalue weighted by Crippen LogP contribution is 2.26. The second-order valence-electron chi connectivity index (χ2n) is 5.91. The number of carbonyl (C=O) groups is 2. The number of morpholine rings is 1. The van der Waals surface area contributed by atoms with Gasteiger partial charge in [-0.1, -0.05) is 35.3 Å². The predicted octanol–water partition coefficient (Wildman–Crippen LogP) is 3.57. The number of thioether (sulfide) groups is 1. The Morgan fingerprint density at radius 1 is 1.22 bits per heavy atom. The molecule has 0 radical (unpaired) electrons. The molecule has 0 aromatic heterocycles. The number of hydrogen-bond acceptors (Lipinski definition) is 6.